The number of ether oxygens (including phenoxy) is 1. The third kappa shape index (κ3) is 3.94. The zero-order valence-corrected chi connectivity index (χ0v) is 12.0. The van der Waals surface area contributed by atoms with Crippen LogP contribution in [-0.4, -0.2) is 47.1 Å². The van der Waals surface area contributed by atoms with Gasteiger partial charge in [-0.1, -0.05) is 13.8 Å². The lowest BCUT2D eigenvalue weighted by molar-refractivity contribution is 0.0689. The second-order valence-electron chi connectivity index (χ2n) is 4.38. The summed E-state index contributed by atoms with van der Waals surface area (Å²) in [6, 6.07) is 2.75. The molecular weight excluding hydrogens is 260 g/mol. The third-order valence-electron chi connectivity index (χ3n) is 2.75. The average molecular weight is 280 g/mol. The lowest BCUT2D eigenvalue weighted by atomic mass is 10.2. The van der Waals surface area contributed by atoms with Gasteiger partial charge in [0.2, 0.25) is 5.88 Å². The van der Waals surface area contributed by atoms with E-state index in [2.05, 4.69) is 4.98 Å². The van der Waals surface area contributed by atoms with Crippen LogP contribution in [0.15, 0.2) is 12.1 Å². The Bertz CT molecular complexity index is 482. The van der Waals surface area contributed by atoms with E-state index in [-0.39, 0.29) is 23.0 Å². The number of carboxylic acid groups (broad SMARTS) is 1. The third-order valence-corrected chi connectivity index (χ3v) is 2.75. The number of aromatic nitrogens is 1. The van der Waals surface area contributed by atoms with Gasteiger partial charge in [-0.05, 0) is 18.9 Å². The number of carbonyl (C=O) groups is 2. The fraction of sp³-hybridized carbons (Fsp3) is 0.500. The van der Waals surface area contributed by atoms with Crippen molar-refractivity contribution in [3.63, 3.8) is 0 Å². The van der Waals surface area contributed by atoms with Crippen molar-refractivity contribution in [2.75, 3.05) is 20.2 Å². The monoisotopic (exact) mass is 280 g/mol. The SMILES string of the molecule is CCCN(CCC)C(=O)c1cc(OC)nc(C(=O)O)c1. The topological polar surface area (TPSA) is 79.7 Å². The van der Waals surface area contributed by atoms with E-state index < -0.39 is 5.97 Å². The maximum Gasteiger partial charge on any atom is 0.354 e. The Morgan fingerprint density at radius 1 is 1.25 bits per heavy atom. The largest absolute Gasteiger partial charge is 0.481 e. The first-order valence-corrected chi connectivity index (χ1v) is 6.62. The molecule has 0 spiro atoms. The molecule has 0 radical (unpaired) electrons. The number of carbonyl (C=O) groups excluding carboxylic acids is 1. The molecule has 0 saturated carbocycles. The molecule has 20 heavy (non-hydrogen) atoms. The Morgan fingerprint density at radius 2 is 1.85 bits per heavy atom. The van der Waals surface area contributed by atoms with E-state index in [1.54, 1.807) is 4.90 Å². The van der Waals surface area contributed by atoms with Gasteiger partial charge >= 0.3 is 5.97 Å². The Hall–Kier alpha value is -2.11. The van der Waals surface area contributed by atoms with Crippen LogP contribution in [0.4, 0.5) is 0 Å². The molecule has 0 aliphatic rings. The summed E-state index contributed by atoms with van der Waals surface area (Å²) in [5.41, 5.74) is 0.0943. The van der Waals surface area contributed by atoms with Crippen molar-refractivity contribution < 1.29 is 19.4 Å². The Labute approximate surface area is 118 Å². The summed E-state index contributed by atoms with van der Waals surface area (Å²) >= 11 is 0. The van der Waals surface area contributed by atoms with Gasteiger partial charge in [0.05, 0.1) is 7.11 Å². The average Bonchev–Trinajstić information content (AvgIpc) is 2.45. The van der Waals surface area contributed by atoms with E-state index in [1.165, 1.54) is 19.2 Å². The smallest absolute Gasteiger partial charge is 0.354 e. The fourth-order valence-electron chi connectivity index (χ4n) is 1.88. The highest BCUT2D eigenvalue weighted by Crippen LogP contribution is 2.15. The molecule has 0 atom stereocenters. The first-order chi connectivity index (χ1) is 9.53. The van der Waals surface area contributed by atoms with Crippen molar-refractivity contribution >= 4 is 11.9 Å². The second-order valence-corrected chi connectivity index (χ2v) is 4.38. The van der Waals surface area contributed by atoms with Crippen LogP contribution < -0.4 is 4.74 Å². The predicted molar refractivity (Wildman–Crippen MR) is 74.2 cm³/mol. The molecular formula is C14H20N2O4. The van der Waals surface area contributed by atoms with Crippen molar-refractivity contribution in [2.45, 2.75) is 26.7 Å². The van der Waals surface area contributed by atoms with Crippen LogP contribution in [0, 0.1) is 0 Å². The Morgan fingerprint density at radius 3 is 2.30 bits per heavy atom. The number of carboxylic acids is 1. The number of pyridine rings is 1. The van der Waals surface area contributed by atoms with Gasteiger partial charge in [-0.2, -0.15) is 0 Å². The maximum absolute atomic E-state index is 12.4. The Balaban J connectivity index is 3.12. The summed E-state index contributed by atoms with van der Waals surface area (Å²) in [6.07, 6.45) is 1.69. The molecule has 0 unspecified atom stereocenters. The molecule has 0 fully saturated rings. The molecule has 0 saturated heterocycles. The van der Waals surface area contributed by atoms with E-state index in [0.717, 1.165) is 12.8 Å². The molecule has 1 amide bonds. The van der Waals surface area contributed by atoms with Gasteiger partial charge in [-0.3, -0.25) is 4.79 Å². The lowest BCUT2D eigenvalue weighted by Crippen LogP contribution is -2.32. The van der Waals surface area contributed by atoms with Crippen molar-refractivity contribution in [1.29, 1.82) is 0 Å². The molecule has 0 aromatic carbocycles. The van der Waals surface area contributed by atoms with Gasteiger partial charge < -0.3 is 14.7 Å². The van der Waals surface area contributed by atoms with Crippen molar-refractivity contribution in [1.82, 2.24) is 9.88 Å². The predicted octanol–water partition coefficient (Wildman–Crippen LogP) is 2.05. The van der Waals surface area contributed by atoms with Crippen LogP contribution in [0.5, 0.6) is 5.88 Å². The Kier molecular flexibility index (Phi) is 5.96. The molecule has 110 valence electrons. The highest BCUT2D eigenvalue weighted by Gasteiger charge is 2.18. The molecule has 0 aliphatic carbocycles. The minimum atomic E-state index is -1.18. The van der Waals surface area contributed by atoms with E-state index in [9.17, 15) is 9.59 Å². The quantitative estimate of drug-likeness (QED) is 0.826. The highest BCUT2D eigenvalue weighted by atomic mass is 16.5. The summed E-state index contributed by atoms with van der Waals surface area (Å²) in [6.45, 7) is 5.26. The zero-order chi connectivity index (χ0) is 15.1. The number of rotatable bonds is 7. The second kappa shape index (κ2) is 7.47. The number of aromatic carboxylic acids is 1. The first-order valence-electron chi connectivity index (χ1n) is 6.62. The fourth-order valence-corrected chi connectivity index (χ4v) is 1.88. The van der Waals surface area contributed by atoms with Crippen molar-refractivity contribution in [3.05, 3.63) is 23.4 Å². The minimum absolute atomic E-state index is 0.126. The molecule has 1 aromatic rings. The summed E-state index contributed by atoms with van der Waals surface area (Å²) in [5.74, 6) is -1.26. The highest BCUT2D eigenvalue weighted by molar-refractivity contribution is 5.97. The molecule has 1 heterocycles. The molecule has 1 rings (SSSR count). The van der Waals surface area contributed by atoms with Gasteiger partial charge in [0, 0.05) is 24.7 Å². The zero-order valence-electron chi connectivity index (χ0n) is 12.0. The van der Waals surface area contributed by atoms with E-state index in [0.29, 0.717) is 13.1 Å². The molecule has 1 N–H and O–H groups in total. The van der Waals surface area contributed by atoms with E-state index in [4.69, 9.17) is 9.84 Å². The summed E-state index contributed by atoms with van der Waals surface area (Å²) in [4.78, 5) is 28.9. The molecule has 6 nitrogen and oxygen atoms in total. The summed E-state index contributed by atoms with van der Waals surface area (Å²) in [7, 11) is 1.39. The molecule has 1 aromatic heterocycles. The van der Waals surface area contributed by atoms with E-state index >= 15 is 0 Å². The van der Waals surface area contributed by atoms with Crippen LogP contribution in [0.1, 0.15) is 47.5 Å². The van der Waals surface area contributed by atoms with Crippen LogP contribution in [0.3, 0.4) is 0 Å². The first kappa shape index (κ1) is 15.9. The number of methoxy groups -OCH3 is 1. The van der Waals surface area contributed by atoms with Crippen molar-refractivity contribution in [2.24, 2.45) is 0 Å². The standard InChI is InChI=1S/C14H20N2O4/c1-4-6-16(7-5-2)13(17)10-8-11(14(18)19)15-12(9-10)20-3/h8-9H,4-7H2,1-3H3,(H,18,19). The van der Waals surface area contributed by atoms with Gasteiger partial charge in [-0.25, -0.2) is 9.78 Å². The minimum Gasteiger partial charge on any atom is -0.481 e. The van der Waals surface area contributed by atoms with E-state index in [1.807, 2.05) is 13.8 Å². The molecule has 0 bridgehead atoms. The molecule has 0 aliphatic heterocycles. The van der Waals surface area contributed by atoms with Crippen LogP contribution in [0.25, 0.3) is 0 Å². The number of hydrogen-bond donors (Lipinski definition) is 1. The van der Waals surface area contributed by atoms with Crippen molar-refractivity contribution in [3.8, 4) is 5.88 Å². The van der Waals surface area contributed by atoms with Gasteiger partial charge in [0.15, 0.2) is 5.69 Å². The van der Waals surface area contributed by atoms with Gasteiger partial charge in [0.1, 0.15) is 0 Å². The van der Waals surface area contributed by atoms with Crippen LogP contribution in [-0.2, 0) is 0 Å². The maximum atomic E-state index is 12.4. The number of amides is 1. The number of nitrogens with zero attached hydrogens (tertiary/aromatic N) is 2. The van der Waals surface area contributed by atoms with Gasteiger partial charge in [-0.15, -0.1) is 0 Å². The van der Waals surface area contributed by atoms with Crippen LogP contribution >= 0.6 is 0 Å². The summed E-state index contributed by atoms with van der Waals surface area (Å²) in [5, 5.41) is 9.01. The van der Waals surface area contributed by atoms with Crippen LogP contribution in [0.2, 0.25) is 0 Å². The number of hydrogen-bond acceptors (Lipinski definition) is 4. The lowest BCUT2D eigenvalue weighted by Gasteiger charge is -2.21. The van der Waals surface area contributed by atoms with Gasteiger partial charge in [0.25, 0.3) is 5.91 Å². The summed E-state index contributed by atoms with van der Waals surface area (Å²) < 4.78 is 4.95. The normalized spacial score (nSPS) is 10.2. The molecule has 6 heteroatoms.